The number of morpholine rings is 1. The molecule has 1 saturated heterocycles. The third-order valence-corrected chi connectivity index (χ3v) is 3.86. The molecule has 7 heteroatoms. The molecule has 2 aromatic rings. The van der Waals surface area contributed by atoms with Crippen molar-refractivity contribution in [2.24, 2.45) is 0 Å². The summed E-state index contributed by atoms with van der Waals surface area (Å²) in [6, 6.07) is 10.2. The van der Waals surface area contributed by atoms with Crippen molar-refractivity contribution in [2.75, 3.05) is 30.0 Å². The first-order valence-electron chi connectivity index (χ1n) is 6.14. The minimum atomic E-state index is 0.252. The molecule has 1 aromatic heterocycles. The summed E-state index contributed by atoms with van der Waals surface area (Å²) in [4.78, 5) is 2.19. The van der Waals surface area contributed by atoms with Gasteiger partial charge in [0.2, 0.25) is 0 Å². The van der Waals surface area contributed by atoms with E-state index in [1.807, 2.05) is 30.3 Å². The number of aromatic nitrogens is 4. The zero-order valence-electron chi connectivity index (χ0n) is 10.3. The van der Waals surface area contributed by atoms with Crippen LogP contribution in [0.1, 0.15) is 0 Å². The van der Waals surface area contributed by atoms with Crippen molar-refractivity contribution in [3.8, 4) is 5.69 Å². The van der Waals surface area contributed by atoms with Crippen LogP contribution in [0.4, 0.5) is 5.95 Å². The molecular formula is C12H14BrN5O. The van der Waals surface area contributed by atoms with E-state index in [2.05, 4.69) is 36.4 Å². The number of halogens is 1. The van der Waals surface area contributed by atoms with E-state index in [4.69, 9.17) is 4.74 Å². The molecule has 1 aliphatic rings. The molecule has 0 radical (unpaired) electrons. The standard InChI is InChI=1S/C12H14BrN5O/c13-8-11-9-19-7-6-17(11)12-14-15-16-18(12)10-4-2-1-3-5-10/h1-5,11H,6-9H2. The van der Waals surface area contributed by atoms with Gasteiger partial charge < -0.3 is 9.64 Å². The number of hydrogen-bond acceptors (Lipinski definition) is 5. The molecule has 0 bridgehead atoms. The summed E-state index contributed by atoms with van der Waals surface area (Å²) >= 11 is 3.52. The molecule has 0 spiro atoms. The molecule has 100 valence electrons. The maximum absolute atomic E-state index is 5.50. The Hall–Kier alpha value is -1.47. The van der Waals surface area contributed by atoms with Crippen LogP contribution < -0.4 is 4.90 Å². The number of tetrazole rings is 1. The van der Waals surface area contributed by atoms with Gasteiger partial charge in [-0.1, -0.05) is 39.2 Å². The first kappa shape index (κ1) is 12.6. The lowest BCUT2D eigenvalue weighted by Crippen LogP contribution is -2.47. The summed E-state index contributed by atoms with van der Waals surface area (Å²) in [5.74, 6) is 0.763. The van der Waals surface area contributed by atoms with Gasteiger partial charge in [0, 0.05) is 11.9 Å². The number of ether oxygens (including phenoxy) is 1. The van der Waals surface area contributed by atoms with Gasteiger partial charge in [-0.15, -0.1) is 0 Å². The van der Waals surface area contributed by atoms with Crippen LogP contribution in [0, 0.1) is 0 Å². The second-order valence-electron chi connectivity index (χ2n) is 4.30. The second kappa shape index (κ2) is 5.66. The Morgan fingerprint density at radius 3 is 2.95 bits per heavy atom. The van der Waals surface area contributed by atoms with Crippen LogP contribution in [-0.2, 0) is 4.74 Å². The van der Waals surface area contributed by atoms with E-state index in [0.717, 1.165) is 23.5 Å². The zero-order chi connectivity index (χ0) is 13.1. The fourth-order valence-corrected chi connectivity index (χ4v) is 2.68. The van der Waals surface area contributed by atoms with Gasteiger partial charge in [0.05, 0.1) is 24.9 Å². The van der Waals surface area contributed by atoms with E-state index >= 15 is 0 Å². The summed E-state index contributed by atoms with van der Waals surface area (Å²) in [6.45, 7) is 2.18. The maximum Gasteiger partial charge on any atom is 0.250 e. The molecule has 1 unspecified atom stereocenters. The third-order valence-electron chi connectivity index (χ3n) is 3.12. The third kappa shape index (κ3) is 2.48. The molecule has 3 rings (SSSR count). The SMILES string of the molecule is BrCC1COCCN1c1nnnn1-c1ccccc1. The Morgan fingerprint density at radius 1 is 1.32 bits per heavy atom. The molecule has 0 aliphatic carbocycles. The predicted molar refractivity (Wildman–Crippen MR) is 74.9 cm³/mol. The van der Waals surface area contributed by atoms with Crippen molar-refractivity contribution in [3.05, 3.63) is 30.3 Å². The molecule has 19 heavy (non-hydrogen) atoms. The highest BCUT2D eigenvalue weighted by atomic mass is 79.9. The number of anilines is 1. The normalized spacial score (nSPS) is 19.6. The average molecular weight is 324 g/mol. The highest BCUT2D eigenvalue weighted by Gasteiger charge is 2.26. The summed E-state index contributed by atoms with van der Waals surface area (Å²) in [5, 5.41) is 12.9. The van der Waals surface area contributed by atoms with E-state index in [9.17, 15) is 0 Å². The smallest absolute Gasteiger partial charge is 0.250 e. The molecule has 0 N–H and O–H groups in total. The van der Waals surface area contributed by atoms with Crippen molar-refractivity contribution < 1.29 is 4.74 Å². The maximum atomic E-state index is 5.50. The predicted octanol–water partition coefficient (Wildman–Crippen LogP) is 1.26. The topological polar surface area (TPSA) is 56.1 Å². The van der Waals surface area contributed by atoms with Gasteiger partial charge in [0.25, 0.3) is 5.95 Å². The molecule has 2 heterocycles. The van der Waals surface area contributed by atoms with Gasteiger partial charge in [-0.05, 0) is 22.6 Å². The molecule has 6 nitrogen and oxygen atoms in total. The Labute approximate surface area is 119 Å². The Kier molecular flexibility index (Phi) is 3.74. The van der Waals surface area contributed by atoms with Crippen molar-refractivity contribution >= 4 is 21.9 Å². The Balaban J connectivity index is 1.95. The lowest BCUT2D eigenvalue weighted by Gasteiger charge is -2.34. The van der Waals surface area contributed by atoms with Crippen LogP contribution in [0.2, 0.25) is 0 Å². The van der Waals surface area contributed by atoms with Crippen LogP contribution in [0.3, 0.4) is 0 Å². The van der Waals surface area contributed by atoms with Crippen LogP contribution >= 0.6 is 15.9 Å². The summed E-state index contributed by atoms with van der Waals surface area (Å²) in [5.41, 5.74) is 0.960. The second-order valence-corrected chi connectivity index (χ2v) is 4.95. The fraction of sp³-hybridized carbons (Fsp3) is 0.417. The number of para-hydroxylation sites is 1. The highest BCUT2D eigenvalue weighted by molar-refractivity contribution is 9.09. The Morgan fingerprint density at radius 2 is 2.16 bits per heavy atom. The fourth-order valence-electron chi connectivity index (χ4n) is 2.14. The van der Waals surface area contributed by atoms with Crippen molar-refractivity contribution in [3.63, 3.8) is 0 Å². The van der Waals surface area contributed by atoms with Gasteiger partial charge in [0.1, 0.15) is 0 Å². The molecule has 1 fully saturated rings. The summed E-state index contributed by atoms with van der Waals surface area (Å²) in [7, 11) is 0. The van der Waals surface area contributed by atoms with E-state index in [1.165, 1.54) is 0 Å². The van der Waals surface area contributed by atoms with Crippen LogP contribution in [0.25, 0.3) is 5.69 Å². The number of rotatable bonds is 3. The van der Waals surface area contributed by atoms with Crippen molar-refractivity contribution in [2.45, 2.75) is 6.04 Å². The van der Waals surface area contributed by atoms with Crippen molar-refractivity contribution in [1.82, 2.24) is 20.2 Å². The molecule has 1 aliphatic heterocycles. The van der Waals surface area contributed by atoms with Crippen molar-refractivity contribution in [1.29, 1.82) is 0 Å². The van der Waals surface area contributed by atoms with Crippen LogP contribution in [0.5, 0.6) is 0 Å². The monoisotopic (exact) mass is 323 g/mol. The minimum Gasteiger partial charge on any atom is -0.377 e. The molecular weight excluding hydrogens is 310 g/mol. The molecule has 1 atom stereocenters. The lowest BCUT2D eigenvalue weighted by molar-refractivity contribution is 0.0993. The highest BCUT2D eigenvalue weighted by Crippen LogP contribution is 2.20. The largest absolute Gasteiger partial charge is 0.377 e. The molecule has 0 amide bonds. The zero-order valence-corrected chi connectivity index (χ0v) is 11.9. The van der Waals surface area contributed by atoms with Gasteiger partial charge in [-0.2, -0.15) is 4.68 Å². The van der Waals surface area contributed by atoms with Gasteiger partial charge in [-0.3, -0.25) is 0 Å². The van der Waals surface area contributed by atoms with E-state index in [0.29, 0.717) is 13.2 Å². The quantitative estimate of drug-likeness (QED) is 0.796. The molecule has 0 saturated carbocycles. The van der Waals surface area contributed by atoms with Crippen LogP contribution in [-0.4, -0.2) is 51.3 Å². The van der Waals surface area contributed by atoms with Crippen LogP contribution in [0.15, 0.2) is 30.3 Å². The van der Waals surface area contributed by atoms with E-state index in [1.54, 1.807) is 4.68 Å². The first-order chi connectivity index (χ1) is 9.40. The summed E-state index contributed by atoms with van der Waals surface area (Å²) in [6.07, 6.45) is 0. The van der Waals surface area contributed by atoms with Gasteiger partial charge >= 0.3 is 0 Å². The first-order valence-corrected chi connectivity index (χ1v) is 7.26. The lowest BCUT2D eigenvalue weighted by atomic mass is 10.2. The molecule has 1 aromatic carbocycles. The average Bonchev–Trinajstić information content (AvgIpc) is 2.97. The summed E-state index contributed by atoms with van der Waals surface area (Å²) < 4.78 is 7.26. The van der Waals surface area contributed by atoms with E-state index in [-0.39, 0.29) is 6.04 Å². The van der Waals surface area contributed by atoms with E-state index < -0.39 is 0 Å². The van der Waals surface area contributed by atoms with Gasteiger partial charge in [-0.25, -0.2) is 0 Å². The Bertz CT molecular complexity index is 532. The number of benzene rings is 1. The number of hydrogen-bond donors (Lipinski definition) is 0. The van der Waals surface area contributed by atoms with Gasteiger partial charge in [0.15, 0.2) is 0 Å². The minimum absolute atomic E-state index is 0.252. The number of alkyl halides is 1. The number of nitrogens with zero attached hydrogens (tertiary/aromatic N) is 5.